The van der Waals surface area contributed by atoms with Gasteiger partial charge >= 0.3 is 0 Å². The van der Waals surface area contributed by atoms with Crippen molar-refractivity contribution in [3.8, 4) is 0 Å². The predicted molar refractivity (Wildman–Crippen MR) is 48.5 cm³/mol. The van der Waals surface area contributed by atoms with E-state index in [4.69, 9.17) is 11.5 Å². The molecule has 0 aromatic carbocycles. The highest BCUT2D eigenvalue weighted by Crippen LogP contribution is 2.17. The number of rotatable bonds is 1. The molecule has 12 heavy (non-hydrogen) atoms. The molecule has 3 nitrogen and oxygen atoms in total. The maximum absolute atomic E-state index is 11.0. The molecule has 1 rings (SSSR count). The fourth-order valence-corrected chi connectivity index (χ4v) is 1.11. The average Bonchev–Trinajstić information content (AvgIpc) is 1.94. The van der Waals surface area contributed by atoms with Gasteiger partial charge in [-0.25, -0.2) is 0 Å². The number of Topliss-reactive ketones (excluding diaryl/α,β-unsaturated/α-hetero) is 1. The van der Waals surface area contributed by atoms with E-state index >= 15 is 0 Å². The molecule has 0 aliphatic heterocycles. The number of hydrogen-bond donors (Lipinski definition) is 2. The molecule has 1 aliphatic rings. The summed E-state index contributed by atoms with van der Waals surface area (Å²) in [6.45, 7) is 3.33. The summed E-state index contributed by atoms with van der Waals surface area (Å²) in [4.78, 5) is 11.0. The largest absolute Gasteiger partial charge is 0.323 e. The van der Waals surface area contributed by atoms with Gasteiger partial charge in [-0.15, -0.1) is 0 Å². The Morgan fingerprint density at radius 3 is 2.67 bits per heavy atom. The highest BCUT2D eigenvalue weighted by molar-refractivity contribution is 5.96. The quantitative estimate of drug-likeness (QED) is 0.581. The molecule has 66 valence electrons. The predicted octanol–water partition coefficient (Wildman–Crippen LogP) is 0.116. The molecule has 2 atom stereocenters. The summed E-state index contributed by atoms with van der Waals surface area (Å²) >= 11 is 0. The highest BCUT2D eigenvalue weighted by Gasteiger charge is 2.26. The van der Waals surface area contributed by atoms with Crippen molar-refractivity contribution < 1.29 is 4.79 Å². The summed E-state index contributed by atoms with van der Waals surface area (Å²) in [6.07, 6.45) is 5.21. The Morgan fingerprint density at radius 2 is 2.25 bits per heavy atom. The van der Waals surface area contributed by atoms with Crippen LogP contribution in [0.3, 0.4) is 0 Å². The molecule has 0 saturated carbocycles. The molecule has 0 aromatic rings. The molecule has 0 fully saturated rings. The summed E-state index contributed by atoms with van der Waals surface area (Å²) in [5, 5.41) is 0. The van der Waals surface area contributed by atoms with Crippen LogP contribution in [-0.4, -0.2) is 17.4 Å². The summed E-state index contributed by atoms with van der Waals surface area (Å²) in [5.74, 6) is 0.0230. The van der Waals surface area contributed by atoms with Crippen LogP contribution < -0.4 is 11.5 Å². The van der Waals surface area contributed by atoms with Gasteiger partial charge in [-0.2, -0.15) is 0 Å². The van der Waals surface area contributed by atoms with Crippen LogP contribution in [0.15, 0.2) is 23.8 Å². The van der Waals surface area contributed by atoms with Gasteiger partial charge in [0.15, 0.2) is 5.78 Å². The number of hydrogen-bond acceptors (Lipinski definition) is 3. The maximum Gasteiger partial charge on any atom is 0.159 e. The minimum absolute atomic E-state index is 0.0230. The van der Waals surface area contributed by atoms with Crippen molar-refractivity contribution in [2.24, 2.45) is 11.5 Å². The second kappa shape index (κ2) is 2.84. The molecular weight excluding hydrogens is 152 g/mol. The zero-order chi connectivity index (χ0) is 9.35. The number of allylic oxidation sites excluding steroid dienone is 2. The van der Waals surface area contributed by atoms with Gasteiger partial charge in [0.2, 0.25) is 0 Å². The topological polar surface area (TPSA) is 69.1 Å². The van der Waals surface area contributed by atoms with E-state index in [0.29, 0.717) is 5.57 Å². The number of ketones is 1. The number of carbonyl (C=O) groups excluding carboxylic acids is 1. The van der Waals surface area contributed by atoms with Gasteiger partial charge in [0.1, 0.15) is 0 Å². The Morgan fingerprint density at radius 1 is 1.67 bits per heavy atom. The second-order valence-electron chi connectivity index (χ2n) is 3.41. The molecule has 0 amide bonds. The summed E-state index contributed by atoms with van der Waals surface area (Å²) in [5.41, 5.74) is 11.6. The zero-order valence-corrected chi connectivity index (χ0v) is 7.37. The van der Waals surface area contributed by atoms with Crippen molar-refractivity contribution in [1.82, 2.24) is 0 Å². The van der Waals surface area contributed by atoms with Crippen molar-refractivity contribution in [1.29, 1.82) is 0 Å². The van der Waals surface area contributed by atoms with Crippen molar-refractivity contribution >= 4 is 5.78 Å². The second-order valence-corrected chi connectivity index (χ2v) is 3.41. The van der Waals surface area contributed by atoms with Gasteiger partial charge in [0.25, 0.3) is 0 Å². The molecule has 1 aliphatic carbocycles. The third kappa shape index (κ3) is 1.62. The van der Waals surface area contributed by atoms with Gasteiger partial charge < -0.3 is 11.5 Å². The first-order valence-electron chi connectivity index (χ1n) is 3.90. The van der Waals surface area contributed by atoms with Crippen LogP contribution in [0.25, 0.3) is 0 Å². The first-order valence-corrected chi connectivity index (χ1v) is 3.90. The average molecular weight is 166 g/mol. The molecule has 2 unspecified atom stereocenters. The van der Waals surface area contributed by atoms with Crippen LogP contribution >= 0.6 is 0 Å². The van der Waals surface area contributed by atoms with E-state index < -0.39 is 5.54 Å². The molecule has 4 N–H and O–H groups in total. The van der Waals surface area contributed by atoms with Crippen LogP contribution in [0.1, 0.15) is 13.8 Å². The van der Waals surface area contributed by atoms with Crippen molar-refractivity contribution in [3.63, 3.8) is 0 Å². The van der Waals surface area contributed by atoms with Gasteiger partial charge in [-0.05, 0) is 13.8 Å². The Kier molecular flexibility index (Phi) is 2.17. The Balaban J connectivity index is 2.97. The molecule has 0 aromatic heterocycles. The standard InChI is InChI=1S/C9H14N2O/c1-6(12)7-3-4-8(10)9(2,11)5-7/h3-5,8H,10-11H2,1-2H3. The van der Waals surface area contributed by atoms with Gasteiger partial charge in [0.05, 0.1) is 5.54 Å². The van der Waals surface area contributed by atoms with E-state index in [9.17, 15) is 4.79 Å². The van der Waals surface area contributed by atoms with Crippen molar-refractivity contribution in [3.05, 3.63) is 23.8 Å². The molecule has 3 heteroatoms. The summed E-state index contributed by atoms with van der Waals surface area (Å²) < 4.78 is 0. The van der Waals surface area contributed by atoms with Crippen molar-refractivity contribution in [2.45, 2.75) is 25.4 Å². The van der Waals surface area contributed by atoms with E-state index in [1.165, 1.54) is 6.92 Å². The SMILES string of the molecule is CC(=O)C1=CC(C)(N)C(N)C=C1. The first-order chi connectivity index (χ1) is 5.43. The lowest BCUT2D eigenvalue weighted by molar-refractivity contribution is -0.113. The third-order valence-electron chi connectivity index (χ3n) is 2.07. The van der Waals surface area contributed by atoms with E-state index in [-0.39, 0.29) is 11.8 Å². The Labute approximate surface area is 72.1 Å². The lowest BCUT2D eigenvalue weighted by atomic mass is 9.86. The monoisotopic (exact) mass is 166 g/mol. The van der Waals surface area contributed by atoms with Crippen LogP contribution in [0.5, 0.6) is 0 Å². The molecule has 0 heterocycles. The minimum atomic E-state index is -0.601. The fraction of sp³-hybridized carbons (Fsp3) is 0.444. The first kappa shape index (κ1) is 9.16. The van der Waals surface area contributed by atoms with E-state index in [0.717, 1.165) is 0 Å². The van der Waals surface area contributed by atoms with E-state index in [2.05, 4.69) is 0 Å². The highest BCUT2D eigenvalue weighted by atomic mass is 16.1. The molecule has 0 spiro atoms. The lowest BCUT2D eigenvalue weighted by Crippen LogP contribution is -2.51. The molecule has 0 bridgehead atoms. The van der Waals surface area contributed by atoms with Gasteiger partial charge in [-0.3, -0.25) is 4.79 Å². The van der Waals surface area contributed by atoms with Crippen LogP contribution in [0.2, 0.25) is 0 Å². The maximum atomic E-state index is 11.0. The molecular formula is C9H14N2O. The Bertz CT molecular complexity index is 264. The smallest absolute Gasteiger partial charge is 0.159 e. The molecule has 0 saturated heterocycles. The number of carbonyl (C=O) groups is 1. The van der Waals surface area contributed by atoms with Crippen LogP contribution in [-0.2, 0) is 4.79 Å². The van der Waals surface area contributed by atoms with Gasteiger partial charge in [0, 0.05) is 11.6 Å². The fourth-order valence-electron chi connectivity index (χ4n) is 1.11. The lowest BCUT2D eigenvalue weighted by Gasteiger charge is -2.29. The summed E-state index contributed by atoms with van der Waals surface area (Å²) in [6, 6.07) is -0.208. The molecule has 0 radical (unpaired) electrons. The normalized spacial score (nSPS) is 34.7. The van der Waals surface area contributed by atoms with Crippen LogP contribution in [0.4, 0.5) is 0 Å². The summed E-state index contributed by atoms with van der Waals surface area (Å²) in [7, 11) is 0. The van der Waals surface area contributed by atoms with Crippen LogP contribution in [0, 0.1) is 0 Å². The third-order valence-corrected chi connectivity index (χ3v) is 2.07. The number of nitrogens with two attached hydrogens (primary N) is 2. The van der Waals surface area contributed by atoms with E-state index in [1.807, 2.05) is 6.92 Å². The minimum Gasteiger partial charge on any atom is -0.323 e. The van der Waals surface area contributed by atoms with E-state index in [1.54, 1.807) is 18.2 Å². The zero-order valence-electron chi connectivity index (χ0n) is 7.37. The van der Waals surface area contributed by atoms with Crippen molar-refractivity contribution in [2.75, 3.05) is 0 Å². The Hall–Kier alpha value is -0.930. The van der Waals surface area contributed by atoms with Gasteiger partial charge in [-0.1, -0.05) is 18.2 Å².